The lowest BCUT2D eigenvalue weighted by Gasteiger charge is -2.01. The first kappa shape index (κ1) is 13.1. The molecule has 0 spiro atoms. The molecule has 4 nitrogen and oxygen atoms in total. The van der Waals surface area contributed by atoms with Crippen LogP contribution in [-0.4, -0.2) is 16.9 Å². The lowest BCUT2D eigenvalue weighted by Crippen LogP contribution is -2.13. The molecular formula is C13H19N3OS. The van der Waals surface area contributed by atoms with Crippen molar-refractivity contribution < 1.29 is 4.74 Å². The van der Waals surface area contributed by atoms with Crippen LogP contribution in [0.25, 0.3) is 0 Å². The first-order chi connectivity index (χ1) is 8.60. The van der Waals surface area contributed by atoms with E-state index < -0.39 is 0 Å². The molecule has 2 rings (SSSR count). The van der Waals surface area contributed by atoms with Crippen LogP contribution in [0.15, 0.2) is 12.1 Å². The fourth-order valence-corrected chi connectivity index (χ4v) is 2.91. The van der Waals surface area contributed by atoms with Crippen molar-refractivity contribution in [2.45, 2.75) is 26.9 Å². The Morgan fingerprint density at radius 1 is 1.33 bits per heavy atom. The summed E-state index contributed by atoms with van der Waals surface area (Å²) in [4.78, 5) is 2.75. The molecule has 18 heavy (non-hydrogen) atoms. The van der Waals surface area contributed by atoms with E-state index in [1.54, 1.807) is 11.8 Å². The second-order valence-electron chi connectivity index (χ2n) is 4.34. The van der Waals surface area contributed by atoms with Gasteiger partial charge in [-0.1, -0.05) is 0 Å². The Kier molecular flexibility index (Phi) is 4.04. The highest BCUT2D eigenvalue weighted by Crippen LogP contribution is 2.20. The van der Waals surface area contributed by atoms with E-state index in [9.17, 15) is 0 Å². The van der Waals surface area contributed by atoms with Gasteiger partial charge in [-0.05, 0) is 25.5 Å². The molecule has 98 valence electrons. The predicted octanol–water partition coefficient (Wildman–Crippen LogP) is 2.40. The van der Waals surface area contributed by atoms with Gasteiger partial charge >= 0.3 is 0 Å². The van der Waals surface area contributed by atoms with Crippen LogP contribution in [0.1, 0.15) is 21.0 Å². The number of aromatic nitrogens is 2. The predicted molar refractivity (Wildman–Crippen MR) is 74.1 cm³/mol. The fraction of sp³-hybridized carbons (Fsp3) is 0.462. The lowest BCUT2D eigenvalue weighted by molar-refractivity contribution is 0.373. The number of hydrogen-bond acceptors (Lipinski definition) is 4. The molecule has 0 aliphatic carbocycles. The Hall–Kier alpha value is -1.33. The molecule has 0 saturated carbocycles. The van der Waals surface area contributed by atoms with Crippen LogP contribution in [0, 0.1) is 13.8 Å². The van der Waals surface area contributed by atoms with E-state index in [0.29, 0.717) is 0 Å². The highest BCUT2D eigenvalue weighted by atomic mass is 32.1. The third-order valence-corrected chi connectivity index (χ3v) is 3.87. The molecule has 0 bridgehead atoms. The summed E-state index contributed by atoms with van der Waals surface area (Å²) >= 11 is 1.85. The van der Waals surface area contributed by atoms with Gasteiger partial charge in [0.15, 0.2) is 0 Å². The van der Waals surface area contributed by atoms with Crippen LogP contribution < -0.4 is 10.1 Å². The maximum absolute atomic E-state index is 5.19. The number of nitrogens with zero attached hydrogens (tertiary/aromatic N) is 2. The lowest BCUT2D eigenvalue weighted by atomic mass is 10.2. The Morgan fingerprint density at radius 2 is 2.11 bits per heavy atom. The molecule has 0 aliphatic heterocycles. The van der Waals surface area contributed by atoms with Crippen molar-refractivity contribution in [3.63, 3.8) is 0 Å². The van der Waals surface area contributed by atoms with E-state index in [0.717, 1.165) is 24.7 Å². The van der Waals surface area contributed by atoms with Gasteiger partial charge in [-0.3, -0.25) is 0 Å². The van der Waals surface area contributed by atoms with E-state index >= 15 is 0 Å². The third kappa shape index (κ3) is 2.91. The van der Waals surface area contributed by atoms with Crippen LogP contribution in [0.2, 0.25) is 0 Å². The van der Waals surface area contributed by atoms with Crippen molar-refractivity contribution in [1.29, 1.82) is 0 Å². The topological polar surface area (TPSA) is 39.1 Å². The number of aryl methyl sites for hydroxylation is 3. The quantitative estimate of drug-likeness (QED) is 0.902. The van der Waals surface area contributed by atoms with Crippen LogP contribution in [0.4, 0.5) is 0 Å². The van der Waals surface area contributed by atoms with Gasteiger partial charge in [-0.15, -0.1) is 11.3 Å². The standard InChI is InChI=1S/C13H19N3OS/c1-9-5-11(10(2)18-9)7-14-8-12-6-13(17-4)16(3)15-12/h5-6,14H,7-8H2,1-4H3. The molecule has 0 aromatic carbocycles. The van der Waals surface area contributed by atoms with E-state index in [-0.39, 0.29) is 0 Å². The largest absolute Gasteiger partial charge is 0.481 e. The summed E-state index contributed by atoms with van der Waals surface area (Å²) in [5, 5.41) is 7.78. The zero-order valence-corrected chi connectivity index (χ0v) is 12.1. The molecule has 0 radical (unpaired) electrons. The van der Waals surface area contributed by atoms with E-state index in [4.69, 9.17) is 4.74 Å². The zero-order chi connectivity index (χ0) is 13.1. The normalized spacial score (nSPS) is 10.9. The van der Waals surface area contributed by atoms with Gasteiger partial charge in [0.2, 0.25) is 5.88 Å². The molecule has 0 fully saturated rings. The molecule has 0 amide bonds. The first-order valence-electron chi connectivity index (χ1n) is 5.93. The minimum atomic E-state index is 0.755. The molecule has 0 saturated heterocycles. The zero-order valence-electron chi connectivity index (χ0n) is 11.3. The van der Waals surface area contributed by atoms with E-state index in [1.165, 1.54) is 15.3 Å². The highest BCUT2D eigenvalue weighted by molar-refractivity contribution is 7.12. The number of hydrogen-bond donors (Lipinski definition) is 1. The number of thiophene rings is 1. The van der Waals surface area contributed by atoms with Gasteiger partial charge in [0, 0.05) is 36.0 Å². The molecule has 0 atom stereocenters. The number of methoxy groups -OCH3 is 1. The summed E-state index contributed by atoms with van der Waals surface area (Å²) in [5.41, 5.74) is 2.37. The Bertz CT molecular complexity index is 530. The number of rotatable bonds is 5. The molecule has 2 heterocycles. The maximum atomic E-state index is 5.19. The van der Waals surface area contributed by atoms with Crippen LogP contribution in [0.3, 0.4) is 0 Å². The molecule has 2 aromatic heterocycles. The summed E-state index contributed by atoms with van der Waals surface area (Å²) < 4.78 is 6.93. The van der Waals surface area contributed by atoms with Crippen LogP contribution in [0.5, 0.6) is 5.88 Å². The highest BCUT2D eigenvalue weighted by Gasteiger charge is 2.06. The van der Waals surface area contributed by atoms with Crippen molar-refractivity contribution in [1.82, 2.24) is 15.1 Å². The molecule has 1 N–H and O–H groups in total. The van der Waals surface area contributed by atoms with E-state index in [1.807, 2.05) is 24.5 Å². The van der Waals surface area contributed by atoms with Crippen molar-refractivity contribution in [2.75, 3.05) is 7.11 Å². The van der Waals surface area contributed by atoms with Crippen molar-refractivity contribution >= 4 is 11.3 Å². The number of nitrogens with one attached hydrogen (secondary N) is 1. The van der Waals surface area contributed by atoms with Gasteiger partial charge in [0.1, 0.15) is 0 Å². The van der Waals surface area contributed by atoms with Gasteiger partial charge in [-0.25, -0.2) is 4.68 Å². The Labute approximate surface area is 112 Å². The minimum absolute atomic E-state index is 0.755. The Balaban J connectivity index is 1.90. The maximum Gasteiger partial charge on any atom is 0.211 e. The van der Waals surface area contributed by atoms with Crippen LogP contribution in [-0.2, 0) is 20.1 Å². The summed E-state index contributed by atoms with van der Waals surface area (Å²) in [6.07, 6.45) is 0. The van der Waals surface area contributed by atoms with E-state index in [2.05, 4.69) is 30.3 Å². The monoisotopic (exact) mass is 265 g/mol. The Morgan fingerprint density at radius 3 is 2.67 bits per heavy atom. The van der Waals surface area contributed by atoms with Gasteiger partial charge in [-0.2, -0.15) is 5.10 Å². The SMILES string of the molecule is COc1cc(CNCc2cc(C)sc2C)nn1C. The van der Waals surface area contributed by atoms with Gasteiger partial charge < -0.3 is 10.1 Å². The summed E-state index contributed by atoms with van der Waals surface area (Å²) in [6.45, 7) is 5.95. The van der Waals surface area contributed by atoms with Gasteiger partial charge in [0.25, 0.3) is 0 Å². The summed E-state index contributed by atoms with van der Waals surface area (Å²) in [6, 6.07) is 4.20. The second-order valence-corrected chi connectivity index (χ2v) is 5.80. The molecule has 2 aromatic rings. The molecular weight excluding hydrogens is 246 g/mol. The summed E-state index contributed by atoms with van der Waals surface area (Å²) in [5.74, 6) is 0.786. The van der Waals surface area contributed by atoms with Crippen molar-refractivity contribution in [2.24, 2.45) is 7.05 Å². The fourth-order valence-electron chi connectivity index (χ4n) is 1.97. The molecule has 5 heteroatoms. The van der Waals surface area contributed by atoms with Crippen molar-refractivity contribution in [3.05, 3.63) is 33.1 Å². The third-order valence-electron chi connectivity index (χ3n) is 2.86. The smallest absolute Gasteiger partial charge is 0.211 e. The molecule has 0 unspecified atom stereocenters. The average molecular weight is 265 g/mol. The molecule has 0 aliphatic rings. The summed E-state index contributed by atoms with van der Waals surface area (Å²) in [7, 11) is 3.54. The number of ether oxygens (including phenoxy) is 1. The average Bonchev–Trinajstić information content (AvgIpc) is 2.82. The second kappa shape index (κ2) is 5.54. The first-order valence-corrected chi connectivity index (χ1v) is 6.75. The minimum Gasteiger partial charge on any atom is -0.481 e. The van der Waals surface area contributed by atoms with Crippen LogP contribution >= 0.6 is 11.3 Å². The van der Waals surface area contributed by atoms with Gasteiger partial charge in [0.05, 0.1) is 12.8 Å². The van der Waals surface area contributed by atoms with Crippen molar-refractivity contribution in [3.8, 4) is 5.88 Å².